The van der Waals surface area contributed by atoms with Gasteiger partial charge in [-0.15, -0.1) is 0 Å². The van der Waals surface area contributed by atoms with Crippen LogP contribution >= 0.6 is 0 Å². The second kappa shape index (κ2) is 9.12. The van der Waals surface area contributed by atoms with Crippen LogP contribution in [0.4, 0.5) is 0 Å². The fraction of sp³-hybridized carbons (Fsp3) is 0.583. The van der Waals surface area contributed by atoms with Crippen LogP contribution in [0.3, 0.4) is 0 Å². The summed E-state index contributed by atoms with van der Waals surface area (Å²) >= 11 is 0. The standard InChI is InChI=1S/C24H34N2O3/c1-5-7-17-8-10-18(11-9-17)23-20(26(21(23)15-27)22(28)6-2)14-25(16(3)4)24(29)19-12-13-19/h5,7-11,16,19-21,23,27H,6,12-15H2,1-4H3/b7-5+/t20-,21-,23-/m1/s1. The van der Waals surface area contributed by atoms with E-state index >= 15 is 0 Å². The first-order chi connectivity index (χ1) is 13.9. The quantitative estimate of drug-likeness (QED) is 0.730. The molecule has 1 aromatic carbocycles. The van der Waals surface area contributed by atoms with Crippen molar-refractivity contribution >= 4 is 17.9 Å². The summed E-state index contributed by atoms with van der Waals surface area (Å²) in [5.41, 5.74) is 2.24. The second-order valence-electron chi connectivity index (χ2n) is 8.52. The van der Waals surface area contributed by atoms with Crippen molar-refractivity contribution < 1.29 is 14.7 Å². The van der Waals surface area contributed by atoms with E-state index in [4.69, 9.17) is 0 Å². The lowest BCUT2D eigenvalue weighted by Gasteiger charge is -2.56. The van der Waals surface area contributed by atoms with E-state index in [2.05, 4.69) is 24.3 Å². The van der Waals surface area contributed by atoms with E-state index in [9.17, 15) is 14.7 Å². The van der Waals surface area contributed by atoms with Gasteiger partial charge in [0, 0.05) is 30.8 Å². The molecule has 0 radical (unpaired) electrons. The van der Waals surface area contributed by atoms with Gasteiger partial charge in [-0.05, 0) is 44.7 Å². The number of carbonyl (C=O) groups is 2. The van der Waals surface area contributed by atoms with Gasteiger partial charge in [-0.25, -0.2) is 0 Å². The van der Waals surface area contributed by atoms with Crippen LogP contribution < -0.4 is 0 Å². The summed E-state index contributed by atoms with van der Waals surface area (Å²) in [6.45, 7) is 8.37. The number of nitrogens with zero attached hydrogens (tertiary/aromatic N) is 2. The molecule has 1 saturated carbocycles. The molecular weight excluding hydrogens is 364 g/mol. The molecule has 3 rings (SSSR count). The van der Waals surface area contributed by atoms with Gasteiger partial charge < -0.3 is 14.9 Å². The number of likely N-dealkylation sites (tertiary alicyclic amines) is 1. The molecule has 2 aliphatic rings. The van der Waals surface area contributed by atoms with E-state index in [1.54, 1.807) is 0 Å². The van der Waals surface area contributed by atoms with Crippen LogP contribution in [0.1, 0.15) is 64.0 Å². The van der Waals surface area contributed by atoms with Crippen molar-refractivity contribution in [3.63, 3.8) is 0 Å². The lowest BCUT2D eigenvalue weighted by molar-refractivity contribution is -0.155. The topological polar surface area (TPSA) is 60.9 Å². The molecular formula is C24H34N2O3. The smallest absolute Gasteiger partial charge is 0.225 e. The molecule has 1 aliphatic carbocycles. The van der Waals surface area contributed by atoms with Crippen molar-refractivity contribution in [1.82, 2.24) is 9.80 Å². The number of benzene rings is 1. The molecule has 0 unspecified atom stereocenters. The number of rotatable bonds is 8. The molecule has 0 spiro atoms. The maximum atomic E-state index is 12.8. The van der Waals surface area contributed by atoms with Gasteiger partial charge in [-0.3, -0.25) is 9.59 Å². The maximum absolute atomic E-state index is 12.8. The van der Waals surface area contributed by atoms with Crippen LogP contribution in [0.15, 0.2) is 30.3 Å². The summed E-state index contributed by atoms with van der Waals surface area (Å²) in [6, 6.07) is 8.08. The van der Waals surface area contributed by atoms with Gasteiger partial charge in [-0.2, -0.15) is 0 Å². The van der Waals surface area contributed by atoms with Crippen molar-refractivity contribution in [1.29, 1.82) is 0 Å². The SMILES string of the molecule is C/C=C/c1ccc([C@H]2[C@@H](CO)N(C(=O)CC)[C@@H]2CN(C(=O)C2CC2)C(C)C)cc1. The molecule has 158 valence electrons. The van der Waals surface area contributed by atoms with Crippen LogP contribution in [0.2, 0.25) is 0 Å². The summed E-state index contributed by atoms with van der Waals surface area (Å²) in [6.07, 6.45) is 6.40. The highest BCUT2D eigenvalue weighted by Gasteiger charge is 2.52. The molecule has 5 nitrogen and oxygen atoms in total. The molecule has 1 saturated heterocycles. The summed E-state index contributed by atoms with van der Waals surface area (Å²) in [5.74, 6) is 0.431. The fourth-order valence-electron chi connectivity index (χ4n) is 4.49. The van der Waals surface area contributed by atoms with Crippen molar-refractivity contribution in [3.8, 4) is 0 Å². The minimum atomic E-state index is -0.231. The highest BCUT2D eigenvalue weighted by Crippen LogP contribution is 2.42. The molecule has 1 heterocycles. The zero-order chi connectivity index (χ0) is 21.1. The number of hydrogen-bond donors (Lipinski definition) is 1. The van der Waals surface area contributed by atoms with Gasteiger partial charge in [0.25, 0.3) is 0 Å². The molecule has 5 heteroatoms. The van der Waals surface area contributed by atoms with Gasteiger partial charge >= 0.3 is 0 Å². The van der Waals surface area contributed by atoms with E-state index in [-0.39, 0.29) is 48.4 Å². The fourth-order valence-corrected chi connectivity index (χ4v) is 4.49. The second-order valence-corrected chi connectivity index (χ2v) is 8.52. The van der Waals surface area contributed by atoms with Gasteiger partial charge in [0.15, 0.2) is 0 Å². The number of aliphatic hydroxyl groups is 1. The van der Waals surface area contributed by atoms with Gasteiger partial charge in [0.2, 0.25) is 11.8 Å². The van der Waals surface area contributed by atoms with E-state index in [0.29, 0.717) is 13.0 Å². The Morgan fingerprint density at radius 3 is 2.34 bits per heavy atom. The molecule has 0 aromatic heterocycles. The first-order valence-corrected chi connectivity index (χ1v) is 10.9. The molecule has 1 aliphatic heterocycles. The van der Waals surface area contributed by atoms with Crippen molar-refractivity contribution in [3.05, 3.63) is 41.5 Å². The minimum absolute atomic E-state index is 0.0309. The van der Waals surface area contributed by atoms with Crippen molar-refractivity contribution in [2.24, 2.45) is 5.92 Å². The largest absolute Gasteiger partial charge is 0.394 e. The molecule has 2 amide bonds. The Bertz CT molecular complexity index is 752. The van der Waals surface area contributed by atoms with Crippen molar-refractivity contribution in [2.45, 2.75) is 71.0 Å². The van der Waals surface area contributed by atoms with Gasteiger partial charge in [0.1, 0.15) is 0 Å². The molecule has 3 atom stereocenters. The number of hydrogen-bond acceptors (Lipinski definition) is 3. The Morgan fingerprint density at radius 2 is 1.86 bits per heavy atom. The molecule has 29 heavy (non-hydrogen) atoms. The highest BCUT2D eigenvalue weighted by molar-refractivity contribution is 5.82. The third-order valence-corrected chi connectivity index (χ3v) is 6.22. The highest BCUT2D eigenvalue weighted by atomic mass is 16.3. The monoisotopic (exact) mass is 398 g/mol. The molecule has 2 fully saturated rings. The summed E-state index contributed by atoms with van der Waals surface area (Å²) in [5, 5.41) is 10.1. The summed E-state index contributed by atoms with van der Waals surface area (Å²) < 4.78 is 0. The van der Waals surface area contributed by atoms with Crippen LogP contribution in [0, 0.1) is 5.92 Å². The first kappa shape index (κ1) is 21.6. The number of aliphatic hydroxyl groups excluding tert-OH is 1. The summed E-state index contributed by atoms with van der Waals surface area (Å²) in [4.78, 5) is 29.3. The Kier molecular flexibility index (Phi) is 6.78. The van der Waals surface area contributed by atoms with E-state index in [0.717, 1.165) is 24.0 Å². The third-order valence-electron chi connectivity index (χ3n) is 6.22. The minimum Gasteiger partial charge on any atom is -0.394 e. The maximum Gasteiger partial charge on any atom is 0.225 e. The van der Waals surface area contributed by atoms with Crippen molar-refractivity contribution in [2.75, 3.05) is 13.2 Å². The average Bonchev–Trinajstić information content (AvgIpc) is 3.53. The van der Waals surface area contributed by atoms with E-state index < -0.39 is 0 Å². The number of carbonyl (C=O) groups excluding carboxylic acids is 2. The Hall–Kier alpha value is -2.14. The normalized spacial score (nSPS) is 24.1. The Morgan fingerprint density at radius 1 is 1.21 bits per heavy atom. The predicted octanol–water partition coefficient (Wildman–Crippen LogP) is 3.43. The Balaban J connectivity index is 1.89. The van der Waals surface area contributed by atoms with Crippen LogP contribution in [-0.2, 0) is 9.59 Å². The average molecular weight is 399 g/mol. The van der Waals surface area contributed by atoms with Crippen LogP contribution in [0.25, 0.3) is 6.08 Å². The van der Waals surface area contributed by atoms with Gasteiger partial charge in [0.05, 0.1) is 18.7 Å². The Labute approximate surface area is 174 Å². The van der Waals surface area contributed by atoms with E-state index in [1.807, 2.05) is 49.6 Å². The predicted molar refractivity (Wildman–Crippen MR) is 115 cm³/mol. The van der Waals surface area contributed by atoms with Crippen LogP contribution in [-0.4, -0.2) is 58.0 Å². The summed E-state index contributed by atoms with van der Waals surface area (Å²) in [7, 11) is 0. The lowest BCUT2D eigenvalue weighted by Crippen LogP contribution is -2.69. The molecule has 1 aromatic rings. The number of allylic oxidation sites excluding steroid dienone is 1. The zero-order valence-electron chi connectivity index (χ0n) is 18.0. The molecule has 0 bridgehead atoms. The van der Waals surface area contributed by atoms with Gasteiger partial charge in [-0.1, -0.05) is 43.3 Å². The van der Waals surface area contributed by atoms with Crippen LogP contribution in [0.5, 0.6) is 0 Å². The number of amides is 2. The lowest BCUT2D eigenvalue weighted by atomic mass is 9.74. The first-order valence-electron chi connectivity index (χ1n) is 10.9. The molecule has 1 N–H and O–H groups in total. The zero-order valence-corrected chi connectivity index (χ0v) is 18.0. The van der Waals surface area contributed by atoms with E-state index in [1.165, 1.54) is 0 Å². The third kappa shape index (κ3) is 4.40.